The summed E-state index contributed by atoms with van der Waals surface area (Å²) in [4.78, 5) is 23.5. The number of aliphatic carboxylic acids is 1. The first-order valence-corrected chi connectivity index (χ1v) is 7.35. The lowest BCUT2D eigenvalue weighted by molar-refractivity contribution is -0.147. The fourth-order valence-corrected chi connectivity index (χ4v) is 3.55. The summed E-state index contributed by atoms with van der Waals surface area (Å²) in [6.07, 6.45) is 4.75. The van der Waals surface area contributed by atoms with Crippen molar-refractivity contribution < 1.29 is 14.7 Å². The normalized spacial score (nSPS) is 30.8. The molecule has 4 nitrogen and oxygen atoms in total. The number of carboxylic acid groups (broad SMARTS) is 1. The van der Waals surface area contributed by atoms with Crippen LogP contribution < -0.4 is 5.32 Å². The monoisotopic (exact) mass is 279 g/mol. The van der Waals surface area contributed by atoms with Crippen LogP contribution in [0.15, 0.2) is 12.2 Å². The van der Waals surface area contributed by atoms with Crippen molar-refractivity contribution in [3.05, 3.63) is 12.2 Å². The average molecular weight is 279 g/mol. The summed E-state index contributed by atoms with van der Waals surface area (Å²) in [6.45, 7) is 9.51. The molecule has 0 aromatic heterocycles. The highest BCUT2D eigenvalue weighted by molar-refractivity contribution is 5.85. The molecule has 0 aliphatic heterocycles. The van der Waals surface area contributed by atoms with Crippen molar-refractivity contribution in [2.24, 2.45) is 28.6 Å². The van der Waals surface area contributed by atoms with E-state index in [-0.39, 0.29) is 16.7 Å². The van der Waals surface area contributed by atoms with E-state index in [4.69, 9.17) is 0 Å². The lowest BCUT2D eigenvalue weighted by Gasteiger charge is -2.24. The van der Waals surface area contributed by atoms with Gasteiger partial charge in [-0.3, -0.25) is 9.59 Å². The highest BCUT2D eigenvalue weighted by Gasteiger charge is 2.64. The van der Waals surface area contributed by atoms with Crippen LogP contribution >= 0.6 is 0 Å². The largest absolute Gasteiger partial charge is 0.481 e. The minimum Gasteiger partial charge on any atom is -0.481 e. The Labute approximate surface area is 120 Å². The number of hydrogen-bond acceptors (Lipinski definition) is 2. The second-order valence-electron chi connectivity index (χ2n) is 7.24. The molecule has 2 rings (SSSR count). The van der Waals surface area contributed by atoms with Crippen molar-refractivity contribution in [1.29, 1.82) is 0 Å². The Morgan fingerprint density at radius 2 is 1.60 bits per heavy atom. The van der Waals surface area contributed by atoms with E-state index < -0.39 is 17.8 Å². The van der Waals surface area contributed by atoms with E-state index in [9.17, 15) is 14.7 Å². The van der Waals surface area contributed by atoms with E-state index in [1.807, 2.05) is 12.2 Å². The zero-order chi connectivity index (χ0) is 15.1. The Hall–Kier alpha value is -1.32. The summed E-state index contributed by atoms with van der Waals surface area (Å²) in [5.74, 6) is -1.54. The number of carbonyl (C=O) groups is 2. The van der Waals surface area contributed by atoms with Gasteiger partial charge in [-0.15, -0.1) is 0 Å². The molecule has 0 bridgehead atoms. The highest BCUT2D eigenvalue weighted by atomic mass is 16.4. The fraction of sp³-hybridized carbons (Fsp3) is 0.750. The number of hydrogen-bond donors (Lipinski definition) is 2. The molecule has 0 saturated heterocycles. The van der Waals surface area contributed by atoms with Crippen LogP contribution in [0.4, 0.5) is 0 Å². The molecular weight excluding hydrogens is 254 g/mol. The molecule has 0 aromatic carbocycles. The smallest absolute Gasteiger partial charge is 0.307 e. The van der Waals surface area contributed by atoms with Gasteiger partial charge in [-0.05, 0) is 29.6 Å². The zero-order valence-electron chi connectivity index (χ0n) is 12.8. The van der Waals surface area contributed by atoms with Crippen LogP contribution in [0.3, 0.4) is 0 Å². The minimum atomic E-state index is -0.874. The predicted molar refractivity (Wildman–Crippen MR) is 77.1 cm³/mol. The summed E-state index contributed by atoms with van der Waals surface area (Å²) in [6, 6.07) is 0. The maximum absolute atomic E-state index is 12.3. The van der Waals surface area contributed by atoms with Crippen molar-refractivity contribution in [2.75, 3.05) is 6.54 Å². The van der Waals surface area contributed by atoms with Gasteiger partial charge in [0.1, 0.15) is 0 Å². The van der Waals surface area contributed by atoms with E-state index in [1.165, 1.54) is 0 Å². The van der Waals surface area contributed by atoms with Gasteiger partial charge in [-0.1, -0.05) is 39.8 Å². The van der Waals surface area contributed by atoms with Crippen molar-refractivity contribution in [1.82, 2.24) is 5.32 Å². The Morgan fingerprint density at radius 3 is 2.05 bits per heavy atom. The summed E-state index contributed by atoms with van der Waals surface area (Å²) in [5.41, 5.74) is 0.470. The van der Waals surface area contributed by atoms with Gasteiger partial charge in [0.15, 0.2) is 0 Å². The van der Waals surface area contributed by atoms with Crippen LogP contribution in [0, 0.1) is 28.6 Å². The molecule has 0 unspecified atom stereocenters. The molecule has 2 N–H and O–H groups in total. The number of allylic oxidation sites excluding steroid dienone is 2. The van der Waals surface area contributed by atoms with Crippen LogP contribution in [-0.4, -0.2) is 23.5 Å². The maximum atomic E-state index is 12.3. The van der Waals surface area contributed by atoms with Crippen molar-refractivity contribution in [3.63, 3.8) is 0 Å². The van der Waals surface area contributed by atoms with Crippen LogP contribution in [0.5, 0.6) is 0 Å². The molecule has 0 radical (unpaired) electrons. The molecule has 1 saturated carbocycles. The van der Waals surface area contributed by atoms with E-state index in [0.717, 1.165) is 0 Å². The molecular formula is C16H25NO3. The maximum Gasteiger partial charge on any atom is 0.307 e. The first kappa shape index (κ1) is 15.1. The molecule has 2 aliphatic carbocycles. The summed E-state index contributed by atoms with van der Waals surface area (Å²) in [7, 11) is 0. The number of rotatable bonds is 4. The summed E-state index contributed by atoms with van der Waals surface area (Å²) < 4.78 is 0. The van der Waals surface area contributed by atoms with Gasteiger partial charge >= 0.3 is 5.97 Å². The Kier molecular flexibility index (Phi) is 3.69. The molecule has 112 valence electrons. The van der Waals surface area contributed by atoms with E-state index in [1.54, 1.807) is 0 Å². The first-order valence-electron chi connectivity index (χ1n) is 7.35. The van der Waals surface area contributed by atoms with Crippen LogP contribution in [0.1, 0.15) is 40.5 Å². The lowest BCUT2D eigenvalue weighted by atomic mass is 9.82. The fourth-order valence-electron chi connectivity index (χ4n) is 3.55. The van der Waals surface area contributed by atoms with E-state index >= 15 is 0 Å². The molecule has 2 aliphatic rings. The Balaban J connectivity index is 1.92. The van der Waals surface area contributed by atoms with Gasteiger partial charge in [-0.2, -0.15) is 0 Å². The molecule has 1 fully saturated rings. The number of carboxylic acids is 1. The van der Waals surface area contributed by atoms with Gasteiger partial charge in [0, 0.05) is 6.54 Å². The highest BCUT2D eigenvalue weighted by Crippen LogP contribution is 2.67. The molecule has 0 spiro atoms. The molecule has 1 amide bonds. The third-order valence-corrected chi connectivity index (χ3v) is 5.89. The van der Waals surface area contributed by atoms with Gasteiger partial charge in [-0.25, -0.2) is 0 Å². The lowest BCUT2D eigenvalue weighted by Crippen LogP contribution is -2.39. The molecule has 0 heterocycles. The van der Waals surface area contributed by atoms with E-state index in [0.29, 0.717) is 25.3 Å². The Bertz CT molecular complexity index is 437. The topological polar surface area (TPSA) is 66.4 Å². The van der Waals surface area contributed by atoms with Gasteiger partial charge in [0.25, 0.3) is 0 Å². The van der Waals surface area contributed by atoms with Crippen molar-refractivity contribution >= 4 is 11.9 Å². The molecule has 4 heteroatoms. The SMILES string of the molecule is CC1(C)C(CNC(=O)[C@@H]2CC=CC[C@@H]2C(=O)O)C1(C)C. The minimum absolute atomic E-state index is 0.111. The van der Waals surface area contributed by atoms with Gasteiger partial charge < -0.3 is 10.4 Å². The Morgan fingerprint density at radius 1 is 1.10 bits per heavy atom. The second kappa shape index (κ2) is 4.90. The number of carbonyl (C=O) groups excluding carboxylic acids is 1. The third-order valence-electron chi connectivity index (χ3n) is 5.89. The van der Waals surface area contributed by atoms with Crippen LogP contribution in [0.25, 0.3) is 0 Å². The van der Waals surface area contributed by atoms with Gasteiger partial charge in [0.2, 0.25) is 5.91 Å². The van der Waals surface area contributed by atoms with Crippen molar-refractivity contribution in [2.45, 2.75) is 40.5 Å². The van der Waals surface area contributed by atoms with Gasteiger partial charge in [0.05, 0.1) is 11.8 Å². The molecule has 20 heavy (non-hydrogen) atoms. The van der Waals surface area contributed by atoms with Crippen molar-refractivity contribution in [3.8, 4) is 0 Å². The number of amides is 1. The second-order valence-corrected chi connectivity index (χ2v) is 7.24. The summed E-state index contributed by atoms with van der Waals surface area (Å²) in [5, 5.41) is 12.2. The van der Waals surface area contributed by atoms with Crippen LogP contribution in [-0.2, 0) is 9.59 Å². The summed E-state index contributed by atoms with van der Waals surface area (Å²) >= 11 is 0. The zero-order valence-corrected chi connectivity index (χ0v) is 12.8. The molecule has 2 atom stereocenters. The first-order chi connectivity index (χ1) is 9.19. The van der Waals surface area contributed by atoms with Crippen LogP contribution in [0.2, 0.25) is 0 Å². The quantitative estimate of drug-likeness (QED) is 0.777. The number of nitrogens with one attached hydrogen (secondary N) is 1. The third kappa shape index (κ3) is 2.36. The molecule has 0 aromatic rings. The standard InChI is InChI=1S/C16H25NO3/c1-15(2)12(16(15,3)4)9-17-13(18)10-7-5-6-8-11(10)14(19)20/h5-6,10-12H,7-9H2,1-4H3,(H,17,18)(H,19,20)/t10-,11+/m1/s1. The van der Waals surface area contributed by atoms with E-state index in [2.05, 4.69) is 33.0 Å². The predicted octanol–water partition coefficient (Wildman–Crippen LogP) is 2.45. The average Bonchev–Trinajstić information content (AvgIpc) is 2.76.